The monoisotopic (exact) mass is 396 g/mol. The Bertz CT molecular complexity index is 850. The molecule has 2 aromatic rings. The molecule has 1 heterocycles. The Morgan fingerprint density at radius 3 is 2.54 bits per heavy atom. The van der Waals surface area contributed by atoms with Crippen molar-refractivity contribution in [3.63, 3.8) is 0 Å². The van der Waals surface area contributed by atoms with E-state index < -0.39 is 17.8 Å². The molecule has 2 rings (SSSR count). The number of ether oxygens (including phenoxy) is 2. The third-order valence-corrected chi connectivity index (χ3v) is 4.89. The van der Waals surface area contributed by atoms with Crippen LogP contribution in [0.4, 0.5) is 10.7 Å². The molecule has 0 aliphatic carbocycles. The van der Waals surface area contributed by atoms with Gasteiger partial charge in [-0.2, -0.15) is 0 Å². The highest BCUT2D eigenvalue weighted by Gasteiger charge is 2.26. The summed E-state index contributed by atoms with van der Waals surface area (Å²) >= 11 is 6.47. The summed E-state index contributed by atoms with van der Waals surface area (Å²) in [7, 11) is 2.75. The van der Waals surface area contributed by atoms with E-state index in [9.17, 15) is 14.4 Å². The van der Waals surface area contributed by atoms with Crippen molar-refractivity contribution in [3.05, 3.63) is 40.3 Å². The highest BCUT2D eigenvalue weighted by Crippen LogP contribution is 2.34. The third-order valence-electron chi connectivity index (χ3n) is 3.44. The first-order valence-corrected chi connectivity index (χ1v) is 8.79. The summed E-state index contributed by atoms with van der Waals surface area (Å²) in [5, 5.41) is 5.48. The number of benzene rings is 1. The summed E-state index contributed by atoms with van der Waals surface area (Å²) in [5.41, 5.74) is 1.08. The van der Waals surface area contributed by atoms with Gasteiger partial charge in [0.25, 0.3) is 5.91 Å². The normalized spacial score (nSPS) is 10.2. The molecule has 0 atom stereocenters. The number of hydrogen-bond acceptors (Lipinski definition) is 6. The number of anilines is 2. The summed E-state index contributed by atoms with van der Waals surface area (Å²) in [6, 6.07) is 6.86. The number of rotatable bonds is 6. The molecule has 2 amide bonds. The summed E-state index contributed by atoms with van der Waals surface area (Å²) in [6.45, 7) is 1.61. The Morgan fingerprint density at radius 2 is 1.92 bits per heavy atom. The van der Waals surface area contributed by atoms with Crippen molar-refractivity contribution in [2.45, 2.75) is 6.92 Å². The van der Waals surface area contributed by atoms with Crippen molar-refractivity contribution in [2.24, 2.45) is 0 Å². The van der Waals surface area contributed by atoms with Gasteiger partial charge in [-0.05, 0) is 24.6 Å². The van der Waals surface area contributed by atoms with Crippen molar-refractivity contribution in [1.82, 2.24) is 0 Å². The fraction of sp³-hybridized carbons (Fsp3) is 0.235. The van der Waals surface area contributed by atoms with Gasteiger partial charge in [0.2, 0.25) is 5.91 Å². The molecule has 0 saturated heterocycles. The van der Waals surface area contributed by atoms with Gasteiger partial charge in [0.1, 0.15) is 16.6 Å². The zero-order valence-corrected chi connectivity index (χ0v) is 15.9. The van der Waals surface area contributed by atoms with Crippen LogP contribution in [0.1, 0.15) is 25.6 Å². The van der Waals surface area contributed by atoms with Crippen molar-refractivity contribution >= 4 is 51.4 Å². The number of thiophene rings is 1. The quantitative estimate of drug-likeness (QED) is 0.577. The van der Waals surface area contributed by atoms with Crippen LogP contribution >= 0.6 is 22.9 Å². The molecule has 1 aromatic heterocycles. The lowest BCUT2D eigenvalue weighted by atomic mass is 10.1. The lowest BCUT2D eigenvalue weighted by Gasteiger charge is -2.06. The smallest absolute Gasteiger partial charge is 0.341 e. The number of esters is 1. The summed E-state index contributed by atoms with van der Waals surface area (Å²) in [4.78, 5) is 36.6. The molecule has 0 bridgehead atoms. The van der Waals surface area contributed by atoms with Gasteiger partial charge in [-0.25, -0.2) is 4.79 Å². The Balaban J connectivity index is 2.36. The van der Waals surface area contributed by atoms with Gasteiger partial charge < -0.3 is 20.1 Å². The Kier molecular flexibility index (Phi) is 6.59. The molecular formula is C17H17ClN2O5S. The predicted octanol–water partition coefficient (Wildman–Crippen LogP) is 3.28. The Hall–Kier alpha value is -2.58. The molecule has 9 heteroatoms. The number of alkyl halides is 1. The number of methoxy groups -OCH3 is 2. The van der Waals surface area contributed by atoms with Crippen molar-refractivity contribution in [1.29, 1.82) is 0 Å². The van der Waals surface area contributed by atoms with E-state index in [1.165, 1.54) is 14.2 Å². The van der Waals surface area contributed by atoms with Crippen LogP contribution < -0.4 is 15.4 Å². The minimum atomic E-state index is -0.649. The van der Waals surface area contributed by atoms with Crippen LogP contribution in [0.25, 0.3) is 0 Å². The van der Waals surface area contributed by atoms with Crippen molar-refractivity contribution in [2.75, 3.05) is 30.7 Å². The fourth-order valence-electron chi connectivity index (χ4n) is 2.21. The molecule has 0 radical (unpaired) electrons. The van der Waals surface area contributed by atoms with Crippen LogP contribution in [0, 0.1) is 6.92 Å². The van der Waals surface area contributed by atoms with Crippen LogP contribution in [-0.2, 0) is 9.53 Å². The van der Waals surface area contributed by atoms with E-state index in [1.54, 1.807) is 31.2 Å². The minimum absolute atomic E-state index is 0.131. The molecule has 138 valence electrons. The van der Waals surface area contributed by atoms with Crippen molar-refractivity contribution in [3.8, 4) is 5.75 Å². The van der Waals surface area contributed by atoms with Crippen LogP contribution in [0.5, 0.6) is 5.75 Å². The van der Waals surface area contributed by atoms with Crippen LogP contribution in [0.2, 0.25) is 0 Å². The van der Waals surface area contributed by atoms with E-state index in [4.69, 9.17) is 21.1 Å². The van der Waals surface area contributed by atoms with Gasteiger partial charge in [-0.1, -0.05) is 6.07 Å². The second-order valence-corrected chi connectivity index (χ2v) is 6.41. The number of halogens is 1. The summed E-state index contributed by atoms with van der Waals surface area (Å²) in [6.07, 6.45) is 0. The Morgan fingerprint density at radius 1 is 1.19 bits per heavy atom. The van der Waals surface area contributed by atoms with Gasteiger partial charge in [0, 0.05) is 11.8 Å². The molecular weight excluding hydrogens is 380 g/mol. The van der Waals surface area contributed by atoms with E-state index >= 15 is 0 Å². The molecule has 0 unspecified atom stereocenters. The molecule has 0 aliphatic heterocycles. The SMILES string of the molecule is COC(=O)c1c(NC(=O)CCl)sc(C(=O)Nc2cccc(OC)c2)c1C. The van der Waals surface area contributed by atoms with Gasteiger partial charge in [0.05, 0.1) is 24.7 Å². The second kappa shape index (κ2) is 8.68. The van der Waals surface area contributed by atoms with E-state index in [-0.39, 0.29) is 21.3 Å². The van der Waals surface area contributed by atoms with Gasteiger partial charge >= 0.3 is 5.97 Å². The van der Waals surface area contributed by atoms with E-state index in [0.29, 0.717) is 17.0 Å². The molecule has 0 aliphatic rings. The zero-order valence-electron chi connectivity index (χ0n) is 14.3. The Labute approximate surface area is 159 Å². The molecule has 0 saturated carbocycles. The maximum atomic E-state index is 12.6. The third kappa shape index (κ3) is 4.33. The summed E-state index contributed by atoms with van der Waals surface area (Å²) in [5.74, 6) is -1.24. The zero-order chi connectivity index (χ0) is 19.3. The maximum absolute atomic E-state index is 12.6. The second-order valence-electron chi connectivity index (χ2n) is 5.12. The van der Waals surface area contributed by atoms with E-state index in [0.717, 1.165) is 11.3 Å². The first-order valence-electron chi connectivity index (χ1n) is 7.44. The number of hydrogen-bond donors (Lipinski definition) is 2. The molecule has 26 heavy (non-hydrogen) atoms. The van der Waals surface area contributed by atoms with E-state index in [2.05, 4.69) is 10.6 Å². The number of carbonyl (C=O) groups is 3. The highest BCUT2D eigenvalue weighted by atomic mass is 35.5. The molecule has 0 spiro atoms. The van der Waals surface area contributed by atoms with Crippen molar-refractivity contribution < 1.29 is 23.9 Å². The average molecular weight is 397 g/mol. The first-order chi connectivity index (χ1) is 12.4. The topological polar surface area (TPSA) is 93.7 Å². The largest absolute Gasteiger partial charge is 0.497 e. The molecule has 2 N–H and O–H groups in total. The van der Waals surface area contributed by atoms with Gasteiger partial charge in [-0.3, -0.25) is 9.59 Å². The van der Waals surface area contributed by atoms with E-state index in [1.807, 2.05) is 0 Å². The first kappa shape index (κ1) is 19.7. The number of amides is 2. The highest BCUT2D eigenvalue weighted by molar-refractivity contribution is 7.19. The maximum Gasteiger partial charge on any atom is 0.341 e. The molecule has 0 fully saturated rings. The lowest BCUT2D eigenvalue weighted by molar-refractivity contribution is -0.113. The number of carbonyl (C=O) groups excluding carboxylic acids is 3. The van der Waals surface area contributed by atoms with Crippen LogP contribution in [0.15, 0.2) is 24.3 Å². The average Bonchev–Trinajstić information content (AvgIpc) is 2.97. The minimum Gasteiger partial charge on any atom is -0.497 e. The fourth-order valence-corrected chi connectivity index (χ4v) is 3.39. The lowest BCUT2D eigenvalue weighted by Crippen LogP contribution is -2.15. The van der Waals surface area contributed by atoms with Gasteiger partial charge in [-0.15, -0.1) is 22.9 Å². The van der Waals surface area contributed by atoms with Crippen LogP contribution in [-0.4, -0.2) is 37.9 Å². The predicted molar refractivity (Wildman–Crippen MR) is 101 cm³/mol. The standard InChI is InChI=1S/C17H17ClN2O5S/c1-9-13(17(23)25-3)16(20-12(21)8-18)26-14(9)15(22)19-10-5-4-6-11(7-10)24-2/h4-7H,8H2,1-3H3,(H,19,22)(H,20,21). The summed E-state index contributed by atoms with van der Waals surface area (Å²) < 4.78 is 9.87. The molecule has 7 nitrogen and oxygen atoms in total. The number of nitrogens with one attached hydrogen (secondary N) is 2. The molecule has 1 aromatic carbocycles. The van der Waals surface area contributed by atoms with Gasteiger partial charge in [0.15, 0.2) is 0 Å². The van der Waals surface area contributed by atoms with Crippen LogP contribution in [0.3, 0.4) is 0 Å².